The molecule has 0 spiro atoms. The lowest BCUT2D eigenvalue weighted by Gasteiger charge is -2.21. The second-order valence-electron chi connectivity index (χ2n) is 7.52. The molecule has 27 heavy (non-hydrogen) atoms. The Morgan fingerprint density at radius 1 is 1.37 bits per heavy atom. The van der Waals surface area contributed by atoms with Gasteiger partial charge in [-0.1, -0.05) is 13.8 Å². The van der Waals surface area contributed by atoms with Gasteiger partial charge >= 0.3 is 0 Å². The van der Waals surface area contributed by atoms with E-state index < -0.39 is 17.9 Å². The van der Waals surface area contributed by atoms with Crippen LogP contribution in [-0.2, 0) is 16.1 Å². The van der Waals surface area contributed by atoms with Crippen LogP contribution in [0, 0.1) is 11.8 Å². The fourth-order valence-corrected chi connectivity index (χ4v) is 3.42. The van der Waals surface area contributed by atoms with Gasteiger partial charge in [0.05, 0.1) is 5.39 Å². The molecule has 1 aliphatic rings. The van der Waals surface area contributed by atoms with Gasteiger partial charge in [0, 0.05) is 26.0 Å². The molecule has 3 N–H and O–H groups in total. The molecule has 1 saturated heterocycles. The fourth-order valence-electron chi connectivity index (χ4n) is 3.42. The van der Waals surface area contributed by atoms with Gasteiger partial charge in [-0.2, -0.15) is 5.10 Å². The first-order valence-corrected chi connectivity index (χ1v) is 9.45. The molecule has 8 heteroatoms. The Balaban J connectivity index is 1.85. The van der Waals surface area contributed by atoms with E-state index in [1.165, 1.54) is 0 Å². The van der Waals surface area contributed by atoms with Gasteiger partial charge < -0.3 is 15.8 Å². The van der Waals surface area contributed by atoms with Crippen LogP contribution in [0.5, 0.6) is 0 Å². The molecule has 0 aromatic carbocycles. The van der Waals surface area contributed by atoms with Crippen LogP contribution < -0.4 is 11.1 Å². The maximum absolute atomic E-state index is 12.8. The van der Waals surface area contributed by atoms with Crippen LogP contribution in [0.4, 0.5) is 0 Å². The predicted octanol–water partition coefficient (Wildman–Crippen LogP) is 1.49. The lowest BCUT2D eigenvalue weighted by atomic mass is 10.0. The Labute approximate surface area is 158 Å². The summed E-state index contributed by atoms with van der Waals surface area (Å²) in [6, 6.07) is 2.89. The van der Waals surface area contributed by atoms with Crippen LogP contribution in [0.2, 0.25) is 0 Å². The number of primary amides is 1. The van der Waals surface area contributed by atoms with E-state index in [0.29, 0.717) is 29.9 Å². The van der Waals surface area contributed by atoms with Crippen molar-refractivity contribution in [2.24, 2.45) is 17.6 Å². The third-order valence-electron chi connectivity index (χ3n) is 4.85. The van der Waals surface area contributed by atoms with Crippen molar-refractivity contribution in [3.63, 3.8) is 0 Å². The Bertz CT molecular complexity index is 811. The number of aromatic nitrogens is 3. The zero-order valence-corrected chi connectivity index (χ0v) is 15.9. The normalized spacial score (nSPS) is 16.6. The highest BCUT2D eigenvalue weighted by Crippen LogP contribution is 2.22. The van der Waals surface area contributed by atoms with Crippen molar-refractivity contribution >= 4 is 22.8 Å². The number of fused-ring (bicyclic) bond motifs is 1. The minimum atomic E-state index is -0.718. The number of carbonyl (C=O) groups excluding carboxylic acids is 2. The molecule has 1 aliphatic heterocycles. The van der Waals surface area contributed by atoms with E-state index >= 15 is 0 Å². The first-order chi connectivity index (χ1) is 13.0. The summed E-state index contributed by atoms with van der Waals surface area (Å²) >= 11 is 0. The lowest BCUT2D eigenvalue weighted by Crippen LogP contribution is -2.45. The summed E-state index contributed by atoms with van der Waals surface area (Å²) in [5.74, 6) is -0.268. The highest BCUT2D eigenvalue weighted by atomic mass is 16.5. The monoisotopic (exact) mass is 373 g/mol. The van der Waals surface area contributed by atoms with E-state index in [0.717, 1.165) is 26.1 Å². The third kappa shape index (κ3) is 4.63. The standard InChI is InChI=1S/C19H27N5O3/c1-12(2)10-15(17(20)25)22-19(26)16-14-4-3-7-21-18(14)24(23-16)11-13-5-8-27-9-6-13/h3-4,7,12-13,15H,5-6,8-11H2,1-2H3,(H2,20,25)(H,22,26). The van der Waals surface area contributed by atoms with Crippen LogP contribution in [0.3, 0.4) is 0 Å². The van der Waals surface area contributed by atoms with E-state index in [1.54, 1.807) is 16.9 Å². The summed E-state index contributed by atoms with van der Waals surface area (Å²) in [7, 11) is 0. The molecule has 2 aromatic rings. The fraction of sp³-hybridized carbons (Fsp3) is 0.579. The summed E-state index contributed by atoms with van der Waals surface area (Å²) in [5.41, 5.74) is 6.40. The first-order valence-electron chi connectivity index (χ1n) is 9.45. The maximum Gasteiger partial charge on any atom is 0.273 e. The summed E-state index contributed by atoms with van der Waals surface area (Å²) in [5, 5.41) is 7.94. The zero-order chi connectivity index (χ0) is 19.4. The topological polar surface area (TPSA) is 112 Å². The average molecular weight is 373 g/mol. The Morgan fingerprint density at radius 3 is 2.78 bits per heavy atom. The van der Waals surface area contributed by atoms with Gasteiger partial charge in [-0.3, -0.25) is 9.59 Å². The van der Waals surface area contributed by atoms with Crippen molar-refractivity contribution in [2.75, 3.05) is 13.2 Å². The number of hydrogen-bond acceptors (Lipinski definition) is 5. The third-order valence-corrected chi connectivity index (χ3v) is 4.85. The van der Waals surface area contributed by atoms with E-state index in [-0.39, 0.29) is 11.6 Å². The molecule has 0 radical (unpaired) electrons. The first kappa shape index (κ1) is 19.3. The van der Waals surface area contributed by atoms with Crippen molar-refractivity contribution in [1.82, 2.24) is 20.1 Å². The molecule has 0 bridgehead atoms. The molecule has 3 rings (SSSR count). The van der Waals surface area contributed by atoms with Crippen LogP contribution in [0.1, 0.15) is 43.6 Å². The van der Waals surface area contributed by atoms with Crippen molar-refractivity contribution in [3.05, 3.63) is 24.0 Å². The molecule has 1 fully saturated rings. The highest BCUT2D eigenvalue weighted by Gasteiger charge is 2.25. The van der Waals surface area contributed by atoms with E-state index in [4.69, 9.17) is 10.5 Å². The second kappa shape index (κ2) is 8.47. The van der Waals surface area contributed by atoms with Crippen LogP contribution in [0.15, 0.2) is 18.3 Å². The molecular weight excluding hydrogens is 346 g/mol. The molecule has 1 unspecified atom stereocenters. The number of hydrogen-bond donors (Lipinski definition) is 2. The minimum absolute atomic E-state index is 0.229. The van der Waals surface area contributed by atoms with Gasteiger partial charge in [0.25, 0.3) is 5.91 Å². The summed E-state index contributed by atoms with van der Waals surface area (Å²) < 4.78 is 7.21. The summed E-state index contributed by atoms with van der Waals surface area (Å²) in [6.45, 7) is 6.14. The summed E-state index contributed by atoms with van der Waals surface area (Å²) in [4.78, 5) is 28.9. The number of nitrogens with two attached hydrogens (primary N) is 1. The van der Waals surface area contributed by atoms with Crippen LogP contribution in [0.25, 0.3) is 11.0 Å². The van der Waals surface area contributed by atoms with E-state index in [2.05, 4.69) is 15.4 Å². The largest absolute Gasteiger partial charge is 0.381 e. The molecule has 8 nitrogen and oxygen atoms in total. The molecule has 2 aromatic heterocycles. The zero-order valence-electron chi connectivity index (χ0n) is 15.9. The van der Waals surface area contributed by atoms with Gasteiger partial charge in [0.1, 0.15) is 6.04 Å². The van der Waals surface area contributed by atoms with Crippen LogP contribution >= 0.6 is 0 Å². The van der Waals surface area contributed by atoms with Crippen molar-refractivity contribution in [1.29, 1.82) is 0 Å². The molecule has 0 saturated carbocycles. The lowest BCUT2D eigenvalue weighted by molar-refractivity contribution is -0.120. The molecule has 0 aliphatic carbocycles. The van der Waals surface area contributed by atoms with Gasteiger partial charge in [-0.05, 0) is 43.2 Å². The Morgan fingerprint density at radius 2 is 2.11 bits per heavy atom. The van der Waals surface area contributed by atoms with Crippen molar-refractivity contribution in [2.45, 2.75) is 45.7 Å². The average Bonchev–Trinajstić information content (AvgIpc) is 3.00. The van der Waals surface area contributed by atoms with Crippen LogP contribution in [-0.4, -0.2) is 45.8 Å². The predicted molar refractivity (Wildman–Crippen MR) is 101 cm³/mol. The molecular formula is C19H27N5O3. The van der Waals surface area contributed by atoms with Gasteiger partial charge in [-0.15, -0.1) is 0 Å². The molecule has 146 valence electrons. The molecule has 1 atom stereocenters. The highest BCUT2D eigenvalue weighted by molar-refractivity contribution is 6.05. The second-order valence-corrected chi connectivity index (χ2v) is 7.52. The van der Waals surface area contributed by atoms with Gasteiger partial charge in [-0.25, -0.2) is 9.67 Å². The molecule has 3 heterocycles. The number of ether oxygens (including phenoxy) is 1. The number of rotatable bonds is 7. The number of nitrogens with zero attached hydrogens (tertiary/aromatic N) is 3. The van der Waals surface area contributed by atoms with Gasteiger partial charge in [0.2, 0.25) is 5.91 Å². The Hall–Kier alpha value is -2.48. The minimum Gasteiger partial charge on any atom is -0.381 e. The van der Waals surface area contributed by atoms with Crippen molar-refractivity contribution in [3.8, 4) is 0 Å². The molecule has 2 amide bonds. The SMILES string of the molecule is CC(C)CC(NC(=O)c1nn(CC2CCOCC2)c2ncccc12)C(N)=O. The van der Waals surface area contributed by atoms with E-state index in [1.807, 2.05) is 19.9 Å². The number of amides is 2. The smallest absolute Gasteiger partial charge is 0.273 e. The Kier molecular flexibility index (Phi) is 6.05. The van der Waals surface area contributed by atoms with E-state index in [9.17, 15) is 9.59 Å². The quantitative estimate of drug-likeness (QED) is 0.763. The summed E-state index contributed by atoms with van der Waals surface area (Å²) in [6.07, 6.45) is 4.11. The number of pyridine rings is 1. The van der Waals surface area contributed by atoms with Crippen molar-refractivity contribution < 1.29 is 14.3 Å². The number of carbonyl (C=O) groups is 2. The number of nitrogens with one attached hydrogen (secondary N) is 1. The maximum atomic E-state index is 12.8. The van der Waals surface area contributed by atoms with Gasteiger partial charge in [0.15, 0.2) is 11.3 Å².